The molecule has 1 amide bonds. The summed E-state index contributed by atoms with van der Waals surface area (Å²) in [6.07, 6.45) is 1.89. The first-order valence-corrected chi connectivity index (χ1v) is 6.50. The third kappa shape index (κ3) is 2.76. The fourth-order valence-electron chi connectivity index (χ4n) is 2.68. The van der Waals surface area contributed by atoms with Crippen molar-refractivity contribution in [2.45, 2.75) is 25.8 Å². The molecule has 0 radical (unpaired) electrons. The molecule has 1 aliphatic rings. The molecule has 1 aliphatic heterocycles. The number of rotatable bonds is 2. The maximum atomic E-state index is 13.7. The molecule has 2 unspecified atom stereocenters. The van der Waals surface area contributed by atoms with Crippen LogP contribution >= 0.6 is 0 Å². The van der Waals surface area contributed by atoms with Crippen molar-refractivity contribution in [1.29, 1.82) is 0 Å². The van der Waals surface area contributed by atoms with E-state index in [1.165, 1.54) is 6.07 Å². The van der Waals surface area contributed by atoms with Crippen LogP contribution < -0.4 is 5.73 Å². The van der Waals surface area contributed by atoms with Gasteiger partial charge in [-0.1, -0.05) is 6.92 Å². The molecule has 1 saturated heterocycles. The maximum Gasteiger partial charge on any atom is 0.257 e. The summed E-state index contributed by atoms with van der Waals surface area (Å²) in [5.74, 6) is -1.61. The maximum absolute atomic E-state index is 13.7. The molecule has 0 aliphatic carbocycles. The Balaban J connectivity index is 2.27. The average molecular weight is 268 g/mol. The van der Waals surface area contributed by atoms with Crippen molar-refractivity contribution in [2.24, 2.45) is 11.7 Å². The third-order valence-corrected chi connectivity index (χ3v) is 3.78. The quantitative estimate of drug-likeness (QED) is 0.893. The molecule has 3 nitrogen and oxygen atoms in total. The van der Waals surface area contributed by atoms with Crippen molar-refractivity contribution in [1.82, 2.24) is 4.90 Å². The second-order valence-electron chi connectivity index (χ2n) is 5.05. The molecule has 2 atom stereocenters. The number of nitrogens with two attached hydrogens (primary N) is 1. The number of amides is 1. The minimum atomic E-state index is -0.820. The molecule has 0 aromatic heterocycles. The van der Waals surface area contributed by atoms with Crippen LogP contribution in [0, 0.1) is 17.6 Å². The lowest BCUT2D eigenvalue weighted by Gasteiger charge is -2.39. The SMILES string of the molecule is CC1CCCN(C(=O)c2ccc(F)cc2F)C1CN. The van der Waals surface area contributed by atoms with E-state index in [9.17, 15) is 13.6 Å². The topological polar surface area (TPSA) is 46.3 Å². The Morgan fingerprint density at radius 1 is 1.47 bits per heavy atom. The van der Waals surface area contributed by atoms with Gasteiger partial charge in [0.2, 0.25) is 0 Å². The number of carbonyl (C=O) groups is 1. The molecule has 2 N–H and O–H groups in total. The normalized spacial score (nSPS) is 23.5. The fraction of sp³-hybridized carbons (Fsp3) is 0.500. The van der Waals surface area contributed by atoms with E-state index >= 15 is 0 Å². The van der Waals surface area contributed by atoms with Crippen LogP contribution in [0.15, 0.2) is 18.2 Å². The molecule has 0 bridgehead atoms. The van der Waals surface area contributed by atoms with E-state index in [-0.39, 0.29) is 11.6 Å². The highest BCUT2D eigenvalue weighted by Gasteiger charge is 2.32. The zero-order valence-electron chi connectivity index (χ0n) is 10.9. The zero-order valence-corrected chi connectivity index (χ0v) is 10.9. The van der Waals surface area contributed by atoms with Crippen molar-refractivity contribution in [2.75, 3.05) is 13.1 Å². The highest BCUT2D eigenvalue weighted by molar-refractivity contribution is 5.94. The van der Waals surface area contributed by atoms with E-state index < -0.39 is 17.5 Å². The fourth-order valence-corrected chi connectivity index (χ4v) is 2.68. The summed E-state index contributed by atoms with van der Waals surface area (Å²) in [4.78, 5) is 14.0. The highest BCUT2D eigenvalue weighted by atomic mass is 19.1. The predicted octanol–water partition coefficient (Wildman–Crippen LogP) is 2.16. The molecule has 5 heteroatoms. The van der Waals surface area contributed by atoms with E-state index in [0.29, 0.717) is 19.0 Å². The minimum absolute atomic E-state index is 0.0781. The number of hydrogen-bond acceptors (Lipinski definition) is 2. The average Bonchev–Trinajstić information content (AvgIpc) is 2.37. The van der Waals surface area contributed by atoms with Crippen LogP contribution in [0.4, 0.5) is 8.78 Å². The Kier molecular flexibility index (Phi) is 4.14. The number of nitrogens with zero attached hydrogens (tertiary/aromatic N) is 1. The lowest BCUT2D eigenvalue weighted by atomic mass is 9.90. The van der Waals surface area contributed by atoms with Crippen molar-refractivity contribution >= 4 is 5.91 Å². The lowest BCUT2D eigenvalue weighted by Crippen LogP contribution is -2.51. The third-order valence-electron chi connectivity index (χ3n) is 3.78. The molecule has 1 aromatic carbocycles. The number of halogens is 2. The standard InChI is InChI=1S/C14H18F2N2O/c1-9-3-2-6-18(13(9)8-17)14(19)11-5-4-10(15)7-12(11)16/h4-5,7,9,13H,2-3,6,8,17H2,1H3. The number of piperidine rings is 1. The van der Waals surface area contributed by atoms with E-state index in [4.69, 9.17) is 5.73 Å². The van der Waals surface area contributed by atoms with Gasteiger partial charge in [-0.3, -0.25) is 4.79 Å². The van der Waals surface area contributed by atoms with Crippen molar-refractivity contribution in [3.8, 4) is 0 Å². The first-order chi connectivity index (χ1) is 9.04. The predicted molar refractivity (Wildman–Crippen MR) is 68.6 cm³/mol. The largest absolute Gasteiger partial charge is 0.334 e. The second-order valence-corrected chi connectivity index (χ2v) is 5.05. The molecular formula is C14H18F2N2O. The Bertz CT molecular complexity index is 479. The Hall–Kier alpha value is -1.49. The van der Waals surface area contributed by atoms with Crippen LogP contribution in [0.3, 0.4) is 0 Å². The second kappa shape index (κ2) is 5.65. The molecule has 2 rings (SSSR count). The van der Waals surface area contributed by atoms with E-state index in [1.807, 2.05) is 6.92 Å². The summed E-state index contributed by atoms with van der Waals surface area (Å²) in [5.41, 5.74) is 5.63. The van der Waals surface area contributed by atoms with Crippen LogP contribution in [-0.4, -0.2) is 29.9 Å². The van der Waals surface area contributed by atoms with Gasteiger partial charge < -0.3 is 10.6 Å². The molecule has 1 heterocycles. The minimum Gasteiger partial charge on any atom is -0.334 e. The highest BCUT2D eigenvalue weighted by Crippen LogP contribution is 2.25. The summed E-state index contributed by atoms with van der Waals surface area (Å²) in [7, 11) is 0. The van der Waals surface area contributed by atoms with Crippen LogP contribution in [-0.2, 0) is 0 Å². The van der Waals surface area contributed by atoms with Crippen LogP contribution in [0.2, 0.25) is 0 Å². The molecule has 1 aromatic rings. The molecule has 0 saturated carbocycles. The van der Waals surface area contributed by atoms with E-state index in [0.717, 1.165) is 25.0 Å². The summed E-state index contributed by atoms with van der Waals surface area (Å²) in [5, 5.41) is 0. The van der Waals surface area contributed by atoms with Gasteiger partial charge in [-0.2, -0.15) is 0 Å². The first-order valence-electron chi connectivity index (χ1n) is 6.50. The van der Waals surface area contributed by atoms with Gasteiger partial charge in [0, 0.05) is 25.2 Å². The molecule has 1 fully saturated rings. The zero-order chi connectivity index (χ0) is 14.0. The van der Waals surface area contributed by atoms with Crippen molar-refractivity contribution in [3.63, 3.8) is 0 Å². The number of likely N-dealkylation sites (tertiary alicyclic amines) is 1. The number of hydrogen-bond donors (Lipinski definition) is 1. The van der Waals surface area contributed by atoms with Gasteiger partial charge in [0.15, 0.2) is 0 Å². The van der Waals surface area contributed by atoms with Crippen molar-refractivity contribution in [3.05, 3.63) is 35.4 Å². The Morgan fingerprint density at radius 3 is 2.84 bits per heavy atom. The summed E-state index contributed by atoms with van der Waals surface area (Å²) < 4.78 is 26.5. The molecule has 104 valence electrons. The smallest absolute Gasteiger partial charge is 0.257 e. The summed E-state index contributed by atoms with van der Waals surface area (Å²) >= 11 is 0. The van der Waals surface area contributed by atoms with E-state index in [1.54, 1.807) is 4.90 Å². The monoisotopic (exact) mass is 268 g/mol. The van der Waals surface area contributed by atoms with E-state index in [2.05, 4.69) is 0 Å². The molecule has 19 heavy (non-hydrogen) atoms. The molecular weight excluding hydrogens is 250 g/mol. The number of benzene rings is 1. The summed E-state index contributed by atoms with van der Waals surface area (Å²) in [6, 6.07) is 2.95. The first kappa shape index (κ1) is 13.9. The van der Waals surface area contributed by atoms with Gasteiger partial charge >= 0.3 is 0 Å². The van der Waals surface area contributed by atoms with Gasteiger partial charge in [0.25, 0.3) is 5.91 Å². The van der Waals surface area contributed by atoms with Crippen molar-refractivity contribution < 1.29 is 13.6 Å². The lowest BCUT2D eigenvalue weighted by molar-refractivity contribution is 0.0528. The van der Waals surface area contributed by atoms with Crippen LogP contribution in [0.25, 0.3) is 0 Å². The Labute approximate surface area is 111 Å². The molecule has 0 spiro atoms. The van der Waals surface area contributed by atoms with Gasteiger partial charge in [-0.05, 0) is 30.9 Å². The van der Waals surface area contributed by atoms with Crippen LogP contribution in [0.1, 0.15) is 30.1 Å². The van der Waals surface area contributed by atoms with Crippen LogP contribution in [0.5, 0.6) is 0 Å². The summed E-state index contributed by atoms with van der Waals surface area (Å²) in [6.45, 7) is 2.97. The van der Waals surface area contributed by atoms with Gasteiger partial charge in [0.05, 0.1) is 5.56 Å². The van der Waals surface area contributed by atoms with Gasteiger partial charge in [-0.15, -0.1) is 0 Å². The number of carbonyl (C=O) groups excluding carboxylic acids is 1. The van der Waals surface area contributed by atoms with Gasteiger partial charge in [0.1, 0.15) is 11.6 Å². The Morgan fingerprint density at radius 2 is 2.21 bits per heavy atom. The van der Waals surface area contributed by atoms with Gasteiger partial charge in [-0.25, -0.2) is 8.78 Å².